The Labute approximate surface area is 127 Å². The van der Waals surface area contributed by atoms with Crippen LogP contribution in [0.15, 0.2) is 24.3 Å². The number of hydrogen-bond donors (Lipinski definition) is 2. The molecule has 1 heterocycles. The van der Waals surface area contributed by atoms with Crippen molar-refractivity contribution in [2.45, 2.75) is 26.8 Å². The van der Waals surface area contributed by atoms with Gasteiger partial charge in [-0.15, -0.1) is 11.3 Å². The van der Waals surface area contributed by atoms with Crippen molar-refractivity contribution in [3.63, 3.8) is 0 Å². The van der Waals surface area contributed by atoms with Crippen LogP contribution in [0.2, 0.25) is 5.02 Å². The molecule has 0 aliphatic heterocycles. The molecule has 0 fully saturated rings. The summed E-state index contributed by atoms with van der Waals surface area (Å²) in [4.78, 5) is 13.4. The molecule has 0 aliphatic carbocycles. The number of carbonyl (C=O) groups is 1. The van der Waals surface area contributed by atoms with Gasteiger partial charge >= 0.3 is 0 Å². The molecule has 106 valence electrons. The van der Waals surface area contributed by atoms with Gasteiger partial charge in [-0.3, -0.25) is 4.79 Å². The summed E-state index contributed by atoms with van der Waals surface area (Å²) in [6.07, 6.45) is 0. The van der Waals surface area contributed by atoms with Gasteiger partial charge in [0.1, 0.15) is 0 Å². The van der Waals surface area contributed by atoms with Crippen molar-refractivity contribution in [1.29, 1.82) is 0 Å². The van der Waals surface area contributed by atoms with Gasteiger partial charge in [0, 0.05) is 21.5 Å². The van der Waals surface area contributed by atoms with Gasteiger partial charge in [0.05, 0.1) is 10.6 Å². The van der Waals surface area contributed by atoms with Crippen LogP contribution >= 0.6 is 22.9 Å². The van der Waals surface area contributed by atoms with Gasteiger partial charge in [-0.25, -0.2) is 0 Å². The summed E-state index contributed by atoms with van der Waals surface area (Å²) in [7, 11) is 0. The number of hydrogen-bond acceptors (Lipinski definition) is 3. The number of carbonyl (C=O) groups excluding carboxylic acids is 1. The molecule has 0 saturated heterocycles. The van der Waals surface area contributed by atoms with Crippen LogP contribution in [0.3, 0.4) is 0 Å². The van der Waals surface area contributed by atoms with Crippen molar-refractivity contribution in [1.82, 2.24) is 5.32 Å². The largest absolute Gasteiger partial charge is 0.390 e. The highest BCUT2D eigenvalue weighted by molar-refractivity contribution is 7.16. The molecule has 1 aromatic heterocycles. The number of aryl methyl sites for hydroxylation is 1. The first-order chi connectivity index (χ1) is 9.40. The number of nitrogens with one attached hydrogen (secondary N) is 1. The Morgan fingerprint density at radius 3 is 2.45 bits per heavy atom. The number of nitrogens with two attached hydrogens (primary N) is 1. The SMILES string of the molecule is Cc1sc(N)c(C(=O)NC(C)C)c1-c1ccc(Cl)cc1. The van der Waals surface area contributed by atoms with Gasteiger partial charge in [-0.1, -0.05) is 23.7 Å². The van der Waals surface area contributed by atoms with Gasteiger partial charge in [0.15, 0.2) is 0 Å². The smallest absolute Gasteiger partial charge is 0.255 e. The molecule has 0 bridgehead atoms. The quantitative estimate of drug-likeness (QED) is 0.897. The Bertz CT molecular complexity index is 632. The van der Waals surface area contributed by atoms with E-state index in [0.717, 1.165) is 16.0 Å². The lowest BCUT2D eigenvalue weighted by atomic mass is 10.0. The summed E-state index contributed by atoms with van der Waals surface area (Å²) in [5.41, 5.74) is 8.42. The average molecular weight is 309 g/mol. The molecule has 1 amide bonds. The molecular weight excluding hydrogens is 292 g/mol. The maximum absolute atomic E-state index is 12.3. The minimum absolute atomic E-state index is 0.0696. The lowest BCUT2D eigenvalue weighted by molar-refractivity contribution is 0.0945. The zero-order valence-electron chi connectivity index (χ0n) is 11.7. The second-order valence-corrected chi connectivity index (χ2v) is 6.60. The monoisotopic (exact) mass is 308 g/mol. The summed E-state index contributed by atoms with van der Waals surface area (Å²) >= 11 is 7.35. The molecular formula is C15H17ClN2OS. The van der Waals surface area contributed by atoms with E-state index in [1.165, 1.54) is 11.3 Å². The predicted molar refractivity (Wildman–Crippen MR) is 86.5 cm³/mol. The van der Waals surface area contributed by atoms with Crippen molar-refractivity contribution < 1.29 is 4.79 Å². The van der Waals surface area contributed by atoms with Crippen LogP contribution in [-0.2, 0) is 0 Å². The predicted octanol–water partition coefficient (Wildman–Crippen LogP) is 4.10. The Morgan fingerprint density at radius 2 is 1.90 bits per heavy atom. The lowest BCUT2D eigenvalue weighted by Gasteiger charge is -2.11. The van der Waals surface area contributed by atoms with E-state index in [-0.39, 0.29) is 11.9 Å². The van der Waals surface area contributed by atoms with Gasteiger partial charge in [-0.2, -0.15) is 0 Å². The van der Waals surface area contributed by atoms with Crippen LogP contribution in [0, 0.1) is 6.92 Å². The second-order valence-electron chi connectivity index (χ2n) is 4.91. The average Bonchev–Trinajstić information content (AvgIpc) is 2.64. The standard InChI is InChI=1S/C15H17ClN2OS/c1-8(2)18-15(19)13-12(9(3)20-14(13)17)10-4-6-11(16)7-5-10/h4-8H,17H2,1-3H3,(H,18,19). The Hall–Kier alpha value is -1.52. The Balaban J connectivity index is 2.53. The molecule has 3 nitrogen and oxygen atoms in total. The van der Waals surface area contributed by atoms with Crippen LogP contribution in [0.4, 0.5) is 5.00 Å². The van der Waals surface area contributed by atoms with E-state index in [1.807, 2.05) is 45.0 Å². The second kappa shape index (κ2) is 5.85. The number of halogens is 1. The van der Waals surface area contributed by atoms with Crippen molar-refractivity contribution in [3.8, 4) is 11.1 Å². The third-order valence-electron chi connectivity index (χ3n) is 2.89. The van der Waals surface area contributed by atoms with Crippen molar-refractivity contribution in [2.24, 2.45) is 0 Å². The lowest BCUT2D eigenvalue weighted by Crippen LogP contribution is -2.30. The minimum Gasteiger partial charge on any atom is -0.390 e. The van der Waals surface area contributed by atoms with Crippen LogP contribution in [0.5, 0.6) is 0 Å². The highest BCUT2D eigenvalue weighted by Crippen LogP contribution is 2.38. The summed E-state index contributed by atoms with van der Waals surface area (Å²) in [6, 6.07) is 7.51. The fourth-order valence-electron chi connectivity index (χ4n) is 2.09. The maximum atomic E-state index is 12.3. The molecule has 0 spiro atoms. The van der Waals surface area contributed by atoms with Crippen molar-refractivity contribution in [3.05, 3.63) is 39.7 Å². The minimum atomic E-state index is -0.133. The van der Waals surface area contributed by atoms with E-state index >= 15 is 0 Å². The molecule has 2 rings (SSSR count). The van der Waals surface area contributed by atoms with Crippen LogP contribution in [0.1, 0.15) is 29.1 Å². The zero-order valence-corrected chi connectivity index (χ0v) is 13.2. The maximum Gasteiger partial charge on any atom is 0.255 e. The molecule has 0 atom stereocenters. The summed E-state index contributed by atoms with van der Waals surface area (Å²) in [6.45, 7) is 5.82. The van der Waals surface area contributed by atoms with Gasteiger partial charge in [0.25, 0.3) is 5.91 Å². The first-order valence-electron chi connectivity index (χ1n) is 6.35. The molecule has 0 unspecified atom stereocenters. The number of anilines is 1. The van der Waals surface area contributed by atoms with E-state index in [2.05, 4.69) is 5.32 Å². The summed E-state index contributed by atoms with van der Waals surface area (Å²) in [5.74, 6) is -0.133. The topological polar surface area (TPSA) is 55.1 Å². The number of thiophene rings is 1. The molecule has 0 saturated carbocycles. The van der Waals surface area contributed by atoms with Gasteiger partial charge < -0.3 is 11.1 Å². The van der Waals surface area contributed by atoms with E-state index in [1.54, 1.807) is 0 Å². The molecule has 1 aromatic carbocycles. The number of benzene rings is 1. The van der Waals surface area contributed by atoms with E-state index in [0.29, 0.717) is 15.6 Å². The molecule has 2 aromatic rings. The molecule has 5 heteroatoms. The number of nitrogen functional groups attached to an aromatic ring is 1. The van der Waals surface area contributed by atoms with E-state index < -0.39 is 0 Å². The number of amides is 1. The van der Waals surface area contributed by atoms with E-state index in [4.69, 9.17) is 17.3 Å². The van der Waals surface area contributed by atoms with Gasteiger partial charge in [0.2, 0.25) is 0 Å². The highest BCUT2D eigenvalue weighted by atomic mass is 35.5. The third kappa shape index (κ3) is 2.97. The van der Waals surface area contributed by atoms with E-state index in [9.17, 15) is 4.79 Å². The van der Waals surface area contributed by atoms with Crippen LogP contribution < -0.4 is 11.1 Å². The fourth-order valence-corrected chi connectivity index (χ4v) is 3.16. The van der Waals surface area contributed by atoms with Gasteiger partial charge in [-0.05, 0) is 38.5 Å². The normalized spacial score (nSPS) is 10.8. The first-order valence-corrected chi connectivity index (χ1v) is 7.55. The number of rotatable bonds is 3. The Kier molecular flexibility index (Phi) is 4.35. The molecule has 3 N–H and O–H groups in total. The summed E-state index contributed by atoms with van der Waals surface area (Å²) in [5, 5.41) is 4.11. The van der Waals surface area contributed by atoms with Crippen molar-refractivity contribution >= 4 is 33.8 Å². The fraction of sp³-hybridized carbons (Fsp3) is 0.267. The Morgan fingerprint density at radius 1 is 1.30 bits per heavy atom. The van der Waals surface area contributed by atoms with Crippen LogP contribution in [-0.4, -0.2) is 11.9 Å². The third-order valence-corrected chi connectivity index (χ3v) is 4.08. The first kappa shape index (κ1) is 14.9. The summed E-state index contributed by atoms with van der Waals surface area (Å²) < 4.78 is 0. The van der Waals surface area contributed by atoms with Crippen LogP contribution in [0.25, 0.3) is 11.1 Å². The molecule has 20 heavy (non-hydrogen) atoms. The molecule has 0 aliphatic rings. The highest BCUT2D eigenvalue weighted by Gasteiger charge is 2.22. The van der Waals surface area contributed by atoms with Crippen molar-refractivity contribution in [2.75, 3.05) is 5.73 Å². The zero-order chi connectivity index (χ0) is 14.9. The molecule has 0 radical (unpaired) electrons.